The maximum absolute atomic E-state index is 12.5. The summed E-state index contributed by atoms with van der Waals surface area (Å²) < 4.78 is 15.9. The molecule has 0 saturated carbocycles. The zero-order chi connectivity index (χ0) is 17.1. The minimum absolute atomic E-state index is 0.338. The van der Waals surface area contributed by atoms with Gasteiger partial charge in [0.1, 0.15) is 17.2 Å². The monoisotopic (exact) mass is 342 g/mol. The van der Waals surface area contributed by atoms with Crippen molar-refractivity contribution in [1.82, 2.24) is 0 Å². The Hall–Kier alpha value is -2.72. The Balaban J connectivity index is 1.97. The van der Waals surface area contributed by atoms with Gasteiger partial charge in [-0.05, 0) is 24.3 Å². The van der Waals surface area contributed by atoms with Crippen LogP contribution in [0.1, 0.15) is 10.4 Å². The molecule has 0 fully saturated rings. The number of carbonyl (C=O) groups excluding carboxylic acids is 1. The summed E-state index contributed by atoms with van der Waals surface area (Å²) in [4.78, 5) is 12.5. The lowest BCUT2D eigenvalue weighted by Gasteiger charge is -2.11. The van der Waals surface area contributed by atoms with E-state index in [0.29, 0.717) is 27.8 Å². The van der Waals surface area contributed by atoms with Crippen LogP contribution in [0.2, 0.25) is 5.02 Å². The summed E-state index contributed by atoms with van der Waals surface area (Å²) in [5, 5.41) is 2.20. The van der Waals surface area contributed by atoms with Gasteiger partial charge >= 0.3 is 5.97 Å². The van der Waals surface area contributed by atoms with E-state index >= 15 is 0 Å². The van der Waals surface area contributed by atoms with Crippen molar-refractivity contribution in [1.29, 1.82) is 0 Å². The fourth-order valence-corrected chi connectivity index (χ4v) is 2.64. The lowest BCUT2D eigenvalue weighted by Crippen LogP contribution is -2.09. The molecule has 5 heteroatoms. The van der Waals surface area contributed by atoms with Crippen molar-refractivity contribution in [2.24, 2.45) is 0 Å². The lowest BCUT2D eigenvalue weighted by molar-refractivity contribution is 0.0736. The first-order valence-electron chi connectivity index (χ1n) is 7.25. The van der Waals surface area contributed by atoms with Crippen LogP contribution in [0.4, 0.5) is 0 Å². The third kappa shape index (κ3) is 3.14. The smallest absolute Gasteiger partial charge is 0.343 e. The molecule has 0 spiro atoms. The minimum Gasteiger partial charge on any atom is -0.497 e. The van der Waals surface area contributed by atoms with E-state index in [1.165, 1.54) is 14.2 Å². The topological polar surface area (TPSA) is 44.8 Å². The van der Waals surface area contributed by atoms with Crippen molar-refractivity contribution < 1.29 is 19.0 Å². The molecule has 0 N–H and O–H groups in total. The highest BCUT2D eigenvalue weighted by molar-refractivity contribution is 6.35. The first-order valence-corrected chi connectivity index (χ1v) is 7.62. The van der Waals surface area contributed by atoms with Gasteiger partial charge in [0.05, 0.1) is 19.8 Å². The third-order valence-corrected chi connectivity index (χ3v) is 3.95. The van der Waals surface area contributed by atoms with Gasteiger partial charge in [-0.25, -0.2) is 4.79 Å². The van der Waals surface area contributed by atoms with E-state index in [-0.39, 0.29) is 0 Å². The Morgan fingerprint density at radius 3 is 2.12 bits per heavy atom. The number of halogens is 1. The van der Waals surface area contributed by atoms with Crippen LogP contribution in [-0.2, 0) is 0 Å². The summed E-state index contributed by atoms with van der Waals surface area (Å²) in [5.74, 6) is 0.978. The van der Waals surface area contributed by atoms with Crippen LogP contribution in [0.5, 0.6) is 17.2 Å². The zero-order valence-electron chi connectivity index (χ0n) is 13.2. The van der Waals surface area contributed by atoms with E-state index in [1.54, 1.807) is 30.3 Å². The van der Waals surface area contributed by atoms with E-state index in [4.69, 9.17) is 25.8 Å². The molecule has 3 rings (SSSR count). The Morgan fingerprint density at radius 1 is 0.875 bits per heavy atom. The number of methoxy groups -OCH3 is 2. The second kappa shape index (κ2) is 6.81. The van der Waals surface area contributed by atoms with Crippen LogP contribution < -0.4 is 14.2 Å². The first kappa shape index (κ1) is 16.1. The van der Waals surface area contributed by atoms with Gasteiger partial charge in [-0.3, -0.25) is 0 Å². The molecule has 0 heterocycles. The van der Waals surface area contributed by atoms with Crippen LogP contribution in [0.3, 0.4) is 0 Å². The highest BCUT2D eigenvalue weighted by Crippen LogP contribution is 2.32. The Labute approximate surface area is 144 Å². The molecule has 0 saturated heterocycles. The summed E-state index contributed by atoms with van der Waals surface area (Å²) in [6.45, 7) is 0. The van der Waals surface area contributed by atoms with Crippen molar-refractivity contribution in [2.45, 2.75) is 0 Å². The highest BCUT2D eigenvalue weighted by Gasteiger charge is 2.14. The zero-order valence-corrected chi connectivity index (χ0v) is 14.0. The van der Waals surface area contributed by atoms with Gasteiger partial charge in [-0.15, -0.1) is 0 Å². The molecule has 24 heavy (non-hydrogen) atoms. The Morgan fingerprint density at radius 2 is 1.50 bits per heavy atom. The van der Waals surface area contributed by atoms with Crippen LogP contribution in [0.25, 0.3) is 10.8 Å². The summed E-state index contributed by atoms with van der Waals surface area (Å²) in [7, 11) is 3.05. The van der Waals surface area contributed by atoms with Gasteiger partial charge < -0.3 is 14.2 Å². The number of ether oxygens (including phenoxy) is 3. The number of fused-ring (bicyclic) bond motifs is 1. The SMILES string of the molecule is COc1cc(OC)cc(C(=O)Oc2ccc(Cl)c3ccccc23)c1. The largest absolute Gasteiger partial charge is 0.497 e. The molecule has 0 unspecified atom stereocenters. The van der Waals surface area contributed by atoms with Gasteiger partial charge in [-0.2, -0.15) is 0 Å². The lowest BCUT2D eigenvalue weighted by atomic mass is 10.1. The standard InChI is InChI=1S/C19H15ClO4/c1-22-13-9-12(10-14(11-13)23-2)19(21)24-18-8-7-17(20)15-5-3-4-6-16(15)18/h3-11H,1-2H3. The molecule has 0 atom stereocenters. The maximum Gasteiger partial charge on any atom is 0.343 e. The van der Waals surface area contributed by atoms with Gasteiger partial charge in [0.15, 0.2) is 0 Å². The van der Waals surface area contributed by atoms with Crippen LogP contribution in [0.15, 0.2) is 54.6 Å². The van der Waals surface area contributed by atoms with Crippen molar-refractivity contribution in [3.8, 4) is 17.2 Å². The van der Waals surface area contributed by atoms with Crippen LogP contribution >= 0.6 is 11.6 Å². The Kier molecular flexibility index (Phi) is 4.58. The third-order valence-electron chi connectivity index (χ3n) is 3.62. The molecule has 0 aliphatic rings. The maximum atomic E-state index is 12.5. The first-order chi connectivity index (χ1) is 11.6. The minimum atomic E-state index is -0.500. The van der Waals surface area contributed by atoms with Crippen molar-refractivity contribution in [3.05, 3.63) is 65.2 Å². The molecular weight excluding hydrogens is 328 g/mol. The van der Waals surface area contributed by atoms with E-state index in [2.05, 4.69) is 0 Å². The van der Waals surface area contributed by atoms with Gasteiger partial charge in [0.2, 0.25) is 0 Å². The van der Waals surface area contributed by atoms with Crippen molar-refractivity contribution in [2.75, 3.05) is 14.2 Å². The summed E-state index contributed by atoms with van der Waals surface area (Å²) in [6, 6.07) is 15.8. The molecule has 0 radical (unpaired) electrons. The molecule has 3 aromatic carbocycles. The van der Waals surface area contributed by atoms with Crippen LogP contribution in [0, 0.1) is 0 Å². The van der Waals surface area contributed by atoms with Crippen LogP contribution in [-0.4, -0.2) is 20.2 Å². The summed E-state index contributed by atoms with van der Waals surface area (Å²) >= 11 is 6.19. The molecule has 0 aliphatic carbocycles. The number of hydrogen-bond acceptors (Lipinski definition) is 4. The summed E-state index contributed by atoms with van der Waals surface area (Å²) in [6.07, 6.45) is 0. The van der Waals surface area contributed by atoms with Gasteiger partial charge in [0, 0.05) is 21.9 Å². The number of rotatable bonds is 4. The Bertz CT molecular complexity index is 883. The number of hydrogen-bond donors (Lipinski definition) is 0. The van der Waals surface area contributed by atoms with Gasteiger partial charge in [-0.1, -0.05) is 35.9 Å². The quantitative estimate of drug-likeness (QED) is 0.508. The number of benzene rings is 3. The van der Waals surface area contributed by atoms with E-state index in [1.807, 2.05) is 24.3 Å². The van der Waals surface area contributed by atoms with E-state index in [0.717, 1.165) is 10.8 Å². The molecule has 4 nitrogen and oxygen atoms in total. The van der Waals surface area contributed by atoms with Crippen molar-refractivity contribution >= 4 is 28.3 Å². The predicted molar refractivity (Wildman–Crippen MR) is 93.5 cm³/mol. The fraction of sp³-hybridized carbons (Fsp3) is 0.105. The average molecular weight is 343 g/mol. The molecular formula is C19H15ClO4. The molecule has 122 valence electrons. The second-order valence-corrected chi connectivity index (χ2v) is 5.49. The second-order valence-electron chi connectivity index (χ2n) is 5.08. The highest BCUT2D eigenvalue weighted by atomic mass is 35.5. The number of carbonyl (C=O) groups is 1. The number of esters is 1. The average Bonchev–Trinajstić information content (AvgIpc) is 2.63. The fourth-order valence-electron chi connectivity index (χ4n) is 2.41. The molecule has 0 aromatic heterocycles. The summed E-state index contributed by atoms with van der Waals surface area (Å²) in [5.41, 5.74) is 0.338. The van der Waals surface area contributed by atoms with E-state index in [9.17, 15) is 4.79 Å². The molecule has 3 aromatic rings. The molecule has 0 amide bonds. The van der Waals surface area contributed by atoms with Crippen molar-refractivity contribution in [3.63, 3.8) is 0 Å². The van der Waals surface area contributed by atoms with E-state index < -0.39 is 5.97 Å². The predicted octanol–water partition coefficient (Wildman–Crippen LogP) is 4.73. The normalized spacial score (nSPS) is 10.5. The molecule has 0 aliphatic heterocycles. The molecule has 0 bridgehead atoms. The van der Waals surface area contributed by atoms with Gasteiger partial charge in [0.25, 0.3) is 0 Å².